The number of hydrogen-bond acceptors (Lipinski definition) is 2. The number of halogens is 1. The Morgan fingerprint density at radius 2 is 2.11 bits per heavy atom. The zero-order chi connectivity index (χ0) is 13.7. The fourth-order valence-corrected chi connectivity index (χ4v) is 3.26. The quantitative estimate of drug-likeness (QED) is 0.791. The van der Waals surface area contributed by atoms with Gasteiger partial charge in [0, 0.05) is 15.9 Å². The SMILES string of the molecule is CCNC(CCc1cccs1)c1cccc(Cl)c1C. The molecule has 0 radical (unpaired) electrons. The Bertz CT molecular complexity index is 507. The molecule has 0 aliphatic carbocycles. The van der Waals surface area contributed by atoms with Gasteiger partial charge in [-0.15, -0.1) is 11.3 Å². The molecule has 1 heterocycles. The molecule has 3 heteroatoms. The van der Waals surface area contributed by atoms with Crippen molar-refractivity contribution in [2.45, 2.75) is 32.7 Å². The lowest BCUT2D eigenvalue weighted by atomic mass is 9.97. The third-order valence-corrected chi connectivity index (χ3v) is 4.74. The van der Waals surface area contributed by atoms with Gasteiger partial charge >= 0.3 is 0 Å². The highest BCUT2D eigenvalue weighted by Gasteiger charge is 2.14. The van der Waals surface area contributed by atoms with E-state index in [0.717, 1.165) is 24.4 Å². The van der Waals surface area contributed by atoms with Crippen LogP contribution in [0, 0.1) is 6.92 Å². The summed E-state index contributed by atoms with van der Waals surface area (Å²) in [5.74, 6) is 0. The number of aryl methyl sites for hydroxylation is 1. The van der Waals surface area contributed by atoms with E-state index in [2.05, 4.69) is 42.7 Å². The molecular formula is C16H20ClNS. The van der Waals surface area contributed by atoms with E-state index < -0.39 is 0 Å². The molecule has 1 nitrogen and oxygen atoms in total. The summed E-state index contributed by atoms with van der Waals surface area (Å²) in [6.07, 6.45) is 2.22. The van der Waals surface area contributed by atoms with Gasteiger partial charge in [-0.3, -0.25) is 0 Å². The largest absolute Gasteiger partial charge is 0.310 e. The Kier molecular flexibility index (Phi) is 5.44. The highest BCUT2D eigenvalue weighted by atomic mass is 35.5. The van der Waals surface area contributed by atoms with Crippen LogP contribution in [0.2, 0.25) is 5.02 Å². The van der Waals surface area contributed by atoms with Crippen LogP contribution >= 0.6 is 22.9 Å². The van der Waals surface area contributed by atoms with E-state index in [9.17, 15) is 0 Å². The molecule has 0 spiro atoms. The molecule has 0 amide bonds. The standard InChI is InChI=1S/C16H20ClNS/c1-3-18-16(10-9-13-6-5-11-19-13)14-7-4-8-15(17)12(14)2/h4-8,11,16,18H,3,9-10H2,1-2H3. The van der Waals surface area contributed by atoms with Crippen molar-refractivity contribution in [3.8, 4) is 0 Å². The van der Waals surface area contributed by atoms with Gasteiger partial charge in [-0.25, -0.2) is 0 Å². The number of nitrogens with one attached hydrogen (secondary N) is 1. The second-order valence-corrected chi connectivity index (χ2v) is 6.12. The predicted octanol–water partition coefficient (Wildman–Crippen LogP) is 4.99. The lowest BCUT2D eigenvalue weighted by Crippen LogP contribution is -2.22. The number of hydrogen-bond donors (Lipinski definition) is 1. The van der Waals surface area contributed by atoms with Gasteiger partial charge < -0.3 is 5.32 Å². The van der Waals surface area contributed by atoms with E-state index in [4.69, 9.17) is 11.6 Å². The van der Waals surface area contributed by atoms with Crippen LogP contribution in [0.5, 0.6) is 0 Å². The van der Waals surface area contributed by atoms with Crippen molar-refractivity contribution >= 4 is 22.9 Å². The molecule has 1 aromatic carbocycles. The monoisotopic (exact) mass is 293 g/mol. The topological polar surface area (TPSA) is 12.0 Å². The van der Waals surface area contributed by atoms with Gasteiger partial charge in [0.25, 0.3) is 0 Å². The van der Waals surface area contributed by atoms with E-state index in [1.807, 2.05) is 23.5 Å². The van der Waals surface area contributed by atoms with Gasteiger partial charge in [0.1, 0.15) is 0 Å². The molecule has 1 atom stereocenters. The molecule has 2 rings (SSSR count). The van der Waals surface area contributed by atoms with Crippen molar-refractivity contribution in [3.05, 3.63) is 56.7 Å². The molecule has 0 aliphatic heterocycles. The molecule has 1 aromatic heterocycles. The second kappa shape index (κ2) is 7.09. The summed E-state index contributed by atoms with van der Waals surface area (Å²) in [7, 11) is 0. The van der Waals surface area contributed by atoms with Crippen molar-refractivity contribution in [1.29, 1.82) is 0 Å². The molecule has 0 saturated heterocycles. The maximum atomic E-state index is 6.23. The zero-order valence-electron chi connectivity index (χ0n) is 11.4. The van der Waals surface area contributed by atoms with Crippen molar-refractivity contribution in [3.63, 3.8) is 0 Å². The Hall–Kier alpha value is -0.830. The van der Waals surface area contributed by atoms with Gasteiger partial charge in [0.2, 0.25) is 0 Å². The molecular weight excluding hydrogens is 274 g/mol. The summed E-state index contributed by atoms with van der Waals surface area (Å²) in [5, 5.41) is 6.57. The first-order valence-corrected chi connectivity index (χ1v) is 7.99. The Balaban J connectivity index is 2.12. The van der Waals surface area contributed by atoms with Gasteiger partial charge in [0.15, 0.2) is 0 Å². The Morgan fingerprint density at radius 1 is 1.26 bits per heavy atom. The van der Waals surface area contributed by atoms with Gasteiger partial charge in [-0.2, -0.15) is 0 Å². The van der Waals surface area contributed by atoms with Crippen LogP contribution < -0.4 is 5.32 Å². The summed E-state index contributed by atoms with van der Waals surface area (Å²) in [5.41, 5.74) is 2.52. The van der Waals surface area contributed by atoms with Crippen LogP contribution in [0.1, 0.15) is 35.4 Å². The second-order valence-electron chi connectivity index (χ2n) is 4.68. The minimum absolute atomic E-state index is 0.380. The molecule has 0 aliphatic rings. The van der Waals surface area contributed by atoms with E-state index >= 15 is 0 Å². The normalized spacial score (nSPS) is 12.6. The van der Waals surface area contributed by atoms with E-state index in [-0.39, 0.29) is 0 Å². The van der Waals surface area contributed by atoms with Crippen molar-refractivity contribution in [2.75, 3.05) is 6.54 Å². The van der Waals surface area contributed by atoms with Crippen molar-refractivity contribution in [1.82, 2.24) is 5.32 Å². The first-order chi connectivity index (χ1) is 9.22. The summed E-state index contributed by atoms with van der Waals surface area (Å²) in [6, 6.07) is 10.9. The minimum atomic E-state index is 0.380. The minimum Gasteiger partial charge on any atom is -0.310 e. The highest BCUT2D eigenvalue weighted by Crippen LogP contribution is 2.27. The van der Waals surface area contributed by atoms with Gasteiger partial charge in [-0.05, 0) is 54.9 Å². The Labute approximate surface area is 124 Å². The lowest BCUT2D eigenvalue weighted by molar-refractivity contribution is 0.515. The molecule has 19 heavy (non-hydrogen) atoms. The average Bonchev–Trinajstić information content (AvgIpc) is 2.91. The smallest absolute Gasteiger partial charge is 0.0438 e. The molecule has 1 N–H and O–H groups in total. The third kappa shape index (κ3) is 3.82. The summed E-state index contributed by atoms with van der Waals surface area (Å²) in [6.45, 7) is 5.23. The summed E-state index contributed by atoms with van der Waals surface area (Å²) < 4.78 is 0. The highest BCUT2D eigenvalue weighted by molar-refractivity contribution is 7.09. The van der Waals surface area contributed by atoms with Crippen LogP contribution in [0.4, 0.5) is 0 Å². The fraction of sp³-hybridized carbons (Fsp3) is 0.375. The van der Waals surface area contributed by atoms with E-state index in [0.29, 0.717) is 6.04 Å². The van der Waals surface area contributed by atoms with Crippen LogP contribution in [0.25, 0.3) is 0 Å². The van der Waals surface area contributed by atoms with Crippen LogP contribution in [0.3, 0.4) is 0 Å². The first kappa shape index (κ1) is 14.6. The number of thiophene rings is 1. The molecule has 0 bridgehead atoms. The summed E-state index contributed by atoms with van der Waals surface area (Å²) in [4.78, 5) is 1.45. The number of benzene rings is 1. The van der Waals surface area contributed by atoms with Crippen molar-refractivity contribution in [2.24, 2.45) is 0 Å². The molecule has 1 unspecified atom stereocenters. The lowest BCUT2D eigenvalue weighted by Gasteiger charge is -2.20. The Morgan fingerprint density at radius 3 is 2.79 bits per heavy atom. The fourth-order valence-electron chi connectivity index (χ4n) is 2.36. The van der Waals surface area contributed by atoms with E-state index in [1.54, 1.807) is 0 Å². The summed E-state index contributed by atoms with van der Waals surface area (Å²) >= 11 is 8.06. The molecule has 0 fully saturated rings. The van der Waals surface area contributed by atoms with Crippen molar-refractivity contribution < 1.29 is 0 Å². The van der Waals surface area contributed by atoms with E-state index in [1.165, 1.54) is 16.0 Å². The van der Waals surface area contributed by atoms with Gasteiger partial charge in [-0.1, -0.05) is 36.7 Å². The predicted molar refractivity (Wildman–Crippen MR) is 85.2 cm³/mol. The van der Waals surface area contributed by atoms with Crippen LogP contribution in [-0.2, 0) is 6.42 Å². The zero-order valence-corrected chi connectivity index (χ0v) is 13.0. The third-order valence-electron chi connectivity index (χ3n) is 3.40. The maximum absolute atomic E-state index is 6.23. The first-order valence-electron chi connectivity index (χ1n) is 6.73. The van der Waals surface area contributed by atoms with Crippen LogP contribution in [-0.4, -0.2) is 6.54 Å². The van der Waals surface area contributed by atoms with Gasteiger partial charge in [0.05, 0.1) is 0 Å². The molecule has 2 aromatic rings. The maximum Gasteiger partial charge on any atom is 0.0438 e. The van der Waals surface area contributed by atoms with Crippen LogP contribution in [0.15, 0.2) is 35.7 Å². The number of rotatable bonds is 6. The average molecular weight is 294 g/mol. The molecule has 0 saturated carbocycles. The molecule has 102 valence electrons.